The summed E-state index contributed by atoms with van der Waals surface area (Å²) in [4.78, 5) is 5.34. The van der Waals surface area contributed by atoms with Crippen LogP contribution in [-0.2, 0) is 6.42 Å². The fraction of sp³-hybridized carbons (Fsp3) is 0.615. The minimum Gasteiger partial charge on any atom is -0.345 e. The second kappa shape index (κ2) is 6.23. The maximum Gasteiger partial charge on any atom is 0.405 e. The summed E-state index contributed by atoms with van der Waals surface area (Å²) < 4.78 is 37.6. The second-order valence-corrected chi connectivity index (χ2v) is 5.04. The van der Waals surface area contributed by atoms with Gasteiger partial charge < -0.3 is 10.6 Å². The largest absolute Gasteiger partial charge is 0.405 e. The van der Waals surface area contributed by atoms with Crippen LogP contribution in [0.3, 0.4) is 0 Å². The van der Waals surface area contributed by atoms with Crippen LogP contribution < -0.4 is 10.6 Å². The Kier molecular flexibility index (Phi) is 5.17. The molecule has 0 saturated heterocycles. The van der Waals surface area contributed by atoms with Gasteiger partial charge in [-0.1, -0.05) is 6.07 Å². The Morgan fingerprint density at radius 3 is 2.26 bits per heavy atom. The van der Waals surface area contributed by atoms with Gasteiger partial charge >= 0.3 is 6.18 Å². The molecular formula is C13H20F3N3. The molecule has 0 spiro atoms. The highest BCUT2D eigenvalue weighted by molar-refractivity contribution is 5.40. The number of anilines is 1. The van der Waals surface area contributed by atoms with E-state index in [0.29, 0.717) is 12.2 Å². The van der Waals surface area contributed by atoms with Crippen LogP contribution in [0.2, 0.25) is 0 Å². The molecule has 0 radical (unpaired) electrons. The molecule has 19 heavy (non-hydrogen) atoms. The maximum absolute atomic E-state index is 12.5. The number of rotatable bonds is 5. The predicted molar refractivity (Wildman–Crippen MR) is 70.1 cm³/mol. The summed E-state index contributed by atoms with van der Waals surface area (Å²) in [7, 11) is 0. The van der Waals surface area contributed by atoms with Crippen molar-refractivity contribution in [2.24, 2.45) is 5.73 Å². The minimum atomic E-state index is -4.24. The molecule has 1 aromatic heterocycles. The number of hydrogen-bond acceptors (Lipinski definition) is 3. The van der Waals surface area contributed by atoms with Gasteiger partial charge in [0.15, 0.2) is 0 Å². The van der Waals surface area contributed by atoms with Crippen LogP contribution in [0.4, 0.5) is 19.0 Å². The molecule has 3 nitrogen and oxygen atoms in total. The molecular weight excluding hydrogens is 255 g/mol. The average Bonchev–Trinajstić information content (AvgIpc) is 2.25. The van der Waals surface area contributed by atoms with Gasteiger partial charge in [-0.15, -0.1) is 0 Å². The molecule has 0 amide bonds. The standard InChI is InChI=1S/C13H20F3N3/c1-9(2)19(8-13(14,15)16)12-5-4-11(7-18-12)6-10(3)17/h4-5,7,9-10H,6,8,17H2,1-3H3. The fourth-order valence-electron chi connectivity index (χ4n) is 1.80. The Hall–Kier alpha value is -1.30. The van der Waals surface area contributed by atoms with Gasteiger partial charge in [0.25, 0.3) is 0 Å². The molecule has 1 rings (SSSR count). The van der Waals surface area contributed by atoms with Crippen LogP contribution in [-0.4, -0.2) is 29.8 Å². The molecule has 0 aliphatic carbocycles. The molecule has 0 bridgehead atoms. The number of nitrogens with two attached hydrogens (primary N) is 1. The lowest BCUT2D eigenvalue weighted by atomic mass is 10.1. The van der Waals surface area contributed by atoms with Crippen LogP contribution in [0.5, 0.6) is 0 Å². The molecule has 1 atom stereocenters. The molecule has 1 aromatic rings. The van der Waals surface area contributed by atoms with E-state index in [4.69, 9.17) is 5.73 Å². The lowest BCUT2D eigenvalue weighted by Crippen LogP contribution is -2.39. The van der Waals surface area contributed by atoms with Gasteiger partial charge in [-0.05, 0) is 38.8 Å². The third-order valence-corrected chi connectivity index (χ3v) is 2.63. The highest BCUT2D eigenvalue weighted by atomic mass is 19.4. The highest BCUT2D eigenvalue weighted by Crippen LogP contribution is 2.22. The van der Waals surface area contributed by atoms with Crippen LogP contribution in [0, 0.1) is 0 Å². The van der Waals surface area contributed by atoms with E-state index >= 15 is 0 Å². The number of aromatic nitrogens is 1. The van der Waals surface area contributed by atoms with Crippen molar-refractivity contribution in [3.05, 3.63) is 23.9 Å². The molecule has 0 saturated carbocycles. The zero-order valence-corrected chi connectivity index (χ0v) is 11.4. The quantitative estimate of drug-likeness (QED) is 0.898. The number of nitrogens with zero attached hydrogens (tertiary/aromatic N) is 2. The maximum atomic E-state index is 12.5. The van der Waals surface area contributed by atoms with Gasteiger partial charge in [-0.2, -0.15) is 13.2 Å². The zero-order chi connectivity index (χ0) is 14.6. The van der Waals surface area contributed by atoms with E-state index in [1.165, 1.54) is 4.90 Å². The average molecular weight is 275 g/mol. The molecule has 6 heteroatoms. The molecule has 108 valence electrons. The number of alkyl halides is 3. The molecule has 0 aromatic carbocycles. The van der Waals surface area contributed by atoms with Crippen LogP contribution in [0.15, 0.2) is 18.3 Å². The summed E-state index contributed by atoms with van der Waals surface area (Å²) in [6, 6.07) is 3.12. The molecule has 2 N–H and O–H groups in total. The lowest BCUT2D eigenvalue weighted by molar-refractivity contribution is -0.120. The molecule has 0 fully saturated rings. The first kappa shape index (κ1) is 15.8. The third-order valence-electron chi connectivity index (χ3n) is 2.63. The smallest absolute Gasteiger partial charge is 0.345 e. The molecule has 0 aliphatic heterocycles. The zero-order valence-electron chi connectivity index (χ0n) is 11.4. The monoisotopic (exact) mass is 275 g/mol. The van der Waals surface area contributed by atoms with Crippen molar-refractivity contribution in [3.63, 3.8) is 0 Å². The van der Waals surface area contributed by atoms with Crippen molar-refractivity contribution in [2.45, 2.75) is 45.5 Å². The van der Waals surface area contributed by atoms with Crippen molar-refractivity contribution in [1.29, 1.82) is 0 Å². The van der Waals surface area contributed by atoms with E-state index in [1.54, 1.807) is 32.2 Å². The summed E-state index contributed by atoms with van der Waals surface area (Å²) >= 11 is 0. The molecule has 1 unspecified atom stereocenters. The van der Waals surface area contributed by atoms with Gasteiger partial charge in [0.1, 0.15) is 12.4 Å². The van der Waals surface area contributed by atoms with Gasteiger partial charge in [-0.3, -0.25) is 0 Å². The summed E-state index contributed by atoms with van der Waals surface area (Å²) in [5.74, 6) is 0.334. The van der Waals surface area contributed by atoms with E-state index in [9.17, 15) is 13.2 Å². The number of halogens is 3. The molecule has 1 heterocycles. The lowest BCUT2D eigenvalue weighted by Gasteiger charge is -2.28. The van der Waals surface area contributed by atoms with Crippen molar-refractivity contribution in [3.8, 4) is 0 Å². The summed E-state index contributed by atoms with van der Waals surface area (Å²) in [6.45, 7) is 4.30. The van der Waals surface area contributed by atoms with Crippen LogP contribution >= 0.6 is 0 Å². The highest BCUT2D eigenvalue weighted by Gasteiger charge is 2.32. The van der Waals surface area contributed by atoms with Gasteiger partial charge in [0, 0.05) is 18.3 Å². The Bertz CT molecular complexity index is 385. The summed E-state index contributed by atoms with van der Waals surface area (Å²) in [6.07, 6.45) is -1.99. The van der Waals surface area contributed by atoms with E-state index in [-0.39, 0.29) is 12.1 Å². The van der Waals surface area contributed by atoms with Crippen LogP contribution in [0.1, 0.15) is 26.3 Å². The van der Waals surface area contributed by atoms with Crippen molar-refractivity contribution in [1.82, 2.24) is 4.98 Å². The van der Waals surface area contributed by atoms with Gasteiger partial charge in [-0.25, -0.2) is 4.98 Å². The van der Waals surface area contributed by atoms with E-state index < -0.39 is 12.7 Å². The Morgan fingerprint density at radius 2 is 1.89 bits per heavy atom. The van der Waals surface area contributed by atoms with Crippen molar-refractivity contribution >= 4 is 5.82 Å². The second-order valence-electron chi connectivity index (χ2n) is 5.04. The first-order valence-corrected chi connectivity index (χ1v) is 6.23. The normalized spacial score (nSPS) is 13.7. The topological polar surface area (TPSA) is 42.1 Å². The van der Waals surface area contributed by atoms with Crippen molar-refractivity contribution < 1.29 is 13.2 Å². The minimum absolute atomic E-state index is 0.00373. The Balaban J connectivity index is 2.86. The van der Waals surface area contributed by atoms with E-state index in [2.05, 4.69) is 4.98 Å². The van der Waals surface area contributed by atoms with Crippen molar-refractivity contribution in [2.75, 3.05) is 11.4 Å². The Morgan fingerprint density at radius 1 is 1.26 bits per heavy atom. The summed E-state index contributed by atoms with van der Waals surface area (Å²) in [5.41, 5.74) is 6.59. The Labute approximate surface area is 111 Å². The fourth-order valence-corrected chi connectivity index (χ4v) is 1.80. The van der Waals surface area contributed by atoms with Crippen LogP contribution in [0.25, 0.3) is 0 Å². The predicted octanol–water partition coefficient (Wildman–Crippen LogP) is 2.75. The summed E-state index contributed by atoms with van der Waals surface area (Å²) in [5, 5.41) is 0. The van der Waals surface area contributed by atoms with E-state index in [1.807, 2.05) is 6.92 Å². The third kappa shape index (κ3) is 5.46. The number of hydrogen-bond donors (Lipinski definition) is 1. The SMILES string of the molecule is CC(N)Cc1ccc(N(CC(F)(F)F)C(C)C)nc1. The van der Waals surface area contributed by atoms with E-state index in [0.717, 1.165) is 5.56 Å². The number of pyridine rings is 1. The van der Waals surface area contributed by atoms with Gasteiger partial charge in [0.05, 0.1) is 0 Å². The molecule has 0 aliphatic rings. The van der Waals surface area contributed by atoms with Gasteiger partial charge in [0.2, 0.25) is 0 Å². The first-order chi connectivity index (χ1) is 8.69. The first-order valence-electron chi connectivity index (χ1n) is 6.23.